The summed E-state index contributed by atoms with van der Waals surface area (Å²) in [4.78, 5) is 19.6. The van der Waals surface area contributed by atoms with Crippen molar-refractivity contribution in [2.24, 2.45) is 18.2 Å². The Balaban J connectivity index is 1.53. The zero-order valence-corrected chi connectivity index (χ0v) is 15.4. The van der Waals surface area contributed by atoms with E-state index in [1.165, 1.54) is 24.1 Å². The minimum Gasteiger partial charge on any atom is -0.366 e. The Morgan fingerprint density at radius 2 is 2.28 bits per heavy atom. The first kappa shape index (κ1) is 16.8. The van der Waals surface area contributed by atoms with Crippen LogP contribution in [0.3, 0.4) is 0 Å². The maximum atomic E-state index is 11.4. The molecule has 7 heteroatoms. The molecule has 1 amide bonds. The molecule has 1 spiro atoms. The molecule has 2 aliphatic rings. The van der Waals surface area contributed by atoms with Crippen LogP contribution >= 0.6 is 11.3 Å². The van der Waals surface area contributed by atoms with Crippen LogP contribution in [0.4, 0.5) is 0 Å². The standard InChI is InChI=1S/C18H25N5OS/c1-22-7-6-21-16(22)11-23(10-14-8-13(12-25-14)17(19)24)15-9-18(15)2-4-20-5-3-18/h6-8,12,15,20H,2-5,9-11H2,1H3,(H2,19,24)/t15-/m1/s1. The van der Waals surface area contributed by atoms with Gasteiger partial charge < -0.3 is 15.6 Å². The van der Waals surface area contributed by atoms with Crippen LogP contribution < -0.4 is 11.1 Å². The number of hydrogen-bond acceptors (Lipinski definition) is 5. The third kappa shape index (κ3) is 3.36. The molecule has 0 unspecified atom stereocenters. The van der Waals surface area contributed by atoms with Gasteiger partial charge in [-0.1, -0.05) is 0 Å². The molecule has 0 radical (unpaired) electrons. The molecule has 1 saturated heterocycles. The number of hydrogen-bond donors (Lipinski definition) is 2. The molecule has 1 aliphatic heterocycles. The average Bonchev–Trinajstić information content (AvgIpc) is 2.95. The molecular weight excluding hydrogens is 334 g/mol. The zero-order chi connectivity index (χ0) is 17.4. The van der Waals surface area contributed by atoms with Crippen molar-refractivity contribution in [3.63, 3.8) is 0 Å². The molecule has 2 aromatic rings. The van der Waals surface area contributed by atoms with Crippen molar-refractivity contribution in [2.45, 2.75) is 38.4 Å². The van der Waals surface area contributed by atoms with Crippen LogP contribution in [0.1, 0.15) is 40.3 Å². The smallest absolute Gasteiger partial charge is 0.249 e. The van der Waals surface area contributed by atoms with E-state index >= 15 is 0 Å². The third-order valence-corrected chi connectivity index (χ3v) is 6.67. The molecule has 3 N–H and O–H groups in total. The summed E-state index contributed by atoms with van der Waals surface area (Å²) in [5.41, 5.74) is 6.49. The molecule has 2 fully saturated rings. The first-order chi connectivity index (χ1) is 12.1. The Kier molecular flexibility index (Phi) is 4.39. The van der Waals surface area contributed by atoms with E-state index in [2.05, 4.69) is 19.8 Å². The van der Waals surface area contributed by atoms with E-state index in [1.807, 2.05) is 30.9 Å². The summed E-state index contributed by atoms with van der Waals surface area (Å²) in [6, 6.07) is 2.54. The number of imidazole rings is 1. The molecule has 3 heterocycles. The molecule has 0 bridgehead atoms. The number of carbonyl (C=O) groups excluding carboxylic acids is 1. The van der Waals surface area contributed by atoms with E-state index in [0.717, 1.165) is 32.0 Å². The lowest BCUT2D eigenvalue weighted by molar-refractivity contribution is 0.100. The van der Waals surface area contributed by atoms with Gasteiger partial charge in [0.25, 0.3) is 0 Å². The quantitative estimate of drug-likeness (QED) is 0.823. The van der Waals surface area contributed by atoms with Gasteiger partial charge in [0, 0.05) is 42.3 Å². The van der Waals surface area contributed by atoms with Gasteiger partial charge in [-0.05, 0) is 43.8 Å². The number of amides is 1. The predicted molar refractivity (Wildman–Crippen MR) is 98.2 cm³/mol. The minimum absolute atomic E-state index is 0.348. The van der Waals surface area contributed by atoms with E-state index in [-0.39, 0.29) is 5.91 Å². The highest BCUT2D eigenvalue weighted by Crippen LogP contribution is 2.56. The Morgan fingerprint density at radius 1 is 1.48 bits per heavy atom. The second kappa shape index (κ2) is 6.55. The van der Waals surface area contributed by atoms with Crippen molar-refractivity contribution in [3.05, 3.63) is 40.1 Å². The SMILES string of the molecule is Cn1ccnc1CN(Cc1cc(C(N)=O)cs1)[C@@H]1CC12CCNCC2. The van der Waals surface area contributed by atoms with Crippen LogP contribution in [-0.2, 0) is 20.1 Å². The summed E-state index contributed by atoms with van der Waals surface area (Å²) in [5.74, 6) is 0.738. The number of piperidine rings is 1. The first-order valence-corrected chi connectivity index (χ1v) is 9.73. The van der Waals surface area contributed by atoms with Gasteiger partial charge in [-0.15, -0.1) is 11.3 Å². The largest absolute Gasteiger partial charge is 0.366 e. The van der Waals surface area contributed by atoms with Crippen LogP contribution in [0.5, 0.6) is 0 Å². The lowest BCUT2D eigenvalue weighted by Gasteiger charge is -2.29. The fourth-order valence-corrected chi connectivity index (χ4v) is 5.00. The van der Waals surface area contributed by atoms with E-state index in [0.29, 0.717) is 17.0 Å². The van der Waals surface area contributed by atoms with Crippen molar-refractivity contribution in [1.82, 2.24) is 19.8 Å². The topological polar surface area (TPSA) is 76.2 Å². The molecule has 134 valence electrons. The predicted octanol–water partition coefficient (Wildman–Crippen LogP) is 1.72. The Hall–Kier alpha value is -1.70. The molecule has 1 aliphatic carbocycles. The van der Waals surface area contributed by atoms with E-state index < -0.39 is 0 Å². The van der Waals surface area contributed by atoms with Gasteiger partial charge in [-0.2, -0.15) is 0 Å². The van der Waals surface area contributed by atoms with E-state index in [1.54, 1.807) is 11.3 Å². The van der Waals surface area contributed by atoms with Crippen LogP contribution in [0.2, 0.25) is 0 Å². The molecule has 1 saturated carbocycles. The van der Waals surface area contributed by atoms with E-state index in [4.69, 9.17) is 5.73 Å². The minimum atomic E-state index is -0.348. The number of primary amides is 1. The average molecular weight is 359 g/mol. The van der Waals surface area contributed by atoms with Crippen molar-refractivity contribution >= 4 is 17.2 Å². The molecular formula is C18H25N5OS. The second-order valence-corrected chi connectivity index (χ2v) is 8.35. The van der Waals surface area contributed by atoms with Crippen LogP contribution in [0, 0.1) is 5.41 Å². The fraction of sp³-hybridized carbons (Fsp3) is 0.556. The highest BCUT2D eigenvalue weighted by Gasteiger charge is 2.56. The van der Waals surface area contributed by atoms with Crippen molar-refractivity contribution in [2.75, 3.05) is 13.1 Å². The lowest BCUT2D eigenvalue weighted by atomic mass is 9.93. The Bertz CT molecular complexity index is 761. The number of aryl methyl sites for hydroxylation is 1. The number of rotatable bonds is 6. The van der Waals surface area contributed by atoms with Crippen LogP contribution in [-0.4, -0.2) is 39.5 Å². The van der Waals surface area contributed by atoms with Crippen molar-refractivity contribution in [3.8, 4) is 0 Å². The van der Waals surface area contributed by atoms with Gasteiger partial charge in [0.05, 0.1) is 12.1 Å². The summed E-state index contributed by atoms with van der Waals surface area (Å²) in [6.45, 7) is 3.94. The van der Waals surface area contributed by atoms with Crippen LogP contribution in [0.15, 0.2) is 23.8 Å². The molecule has 2 aromatic heterocycles. The summed E-state index contributed by atoms with van der Waals surface area (Å²) in [7, 11) is 2.05. The number of thiophene rings is 1. The molecule has 1 atom stereocenters. The van der Waals surface area contributed by atoms with Gasteiger partial charge in [-0.25, -0.2) is 4.98 Å². The maximum Gasteiger partial charge on any atom is 0.249 e. The number of nitrogens with two attached hydrogens (primary N) is 1. The molecule has 6 nitrogen and oxygen atoms in total. The summed E-state index contributed by atoms with van der Waals surface area (Å²) >= 11 is 1.62. The van der Waals surface area contributed by atoms with E-state index in [9.17, 15) is 4.79 Å². The first-order valence-electron chi connectivity index (χ1n) is 8.86. The second-order valence-electron chi connectivity index (χ2n) is 7.36. The fourth-order valence-electron chi connectivity index (χ4n) is 4.10. The normalized spacial score (nSPS) is 21.8. The lowest BCUT2D eigenvalue weighted by Crippen LogP contribution is -2.36. The van der Waals surface area contributed by atoms with Gasteiger partial charge in [0.1, 0.15) is 5.82 Å². The zero-order valence-electron chi connectivity index (χ0n) is 14.6. The highest BCUT2D eigenvalue weighted by molar-refractivity contribution is 7.10. The number of aromatic nitrogens is 2. The van der Waals surface area contributed by atoms with Crippen LogP contribution in [0.25, 0.3) is 0 Å². The molecule has 25 heavy (non-hydrogen) atoms. The number of carbonyl (C=O) groups is 1. The summed E-state index contributed by atoms with van der Waals surface area (Å²) in [5, 5.41) is 5.34. The monoisotopic (exact) mass is 359 g/mol. The van der Waals surface area contributed by atoms with Gasteiger partial charge >= 0.3 is 0 Å². The molecule has 4 rings (SSSR count). The van der Waals surface area contributed by atoms with Gasteiger partial charge in [0.2, 0.25) is 5.91 Å². The van der Waals surface area contributed by atoms with Gasteiger partial charge in [0.15, 0.2) is 0 Å². The van der Waals surface area contributed by atoms with Crippen molar-refractivity contribution in [1.29, 1.82) is 0 Å². The number of nitrogens with one attached hydrogen (secondary N) is 1. The van der Waals surface area contributed by atoms with Gasteiger partial charge in [-0.3, -0.25) is 9.69 Å². The summed E-state index contributed by atoms with van der Waals surface area (Å²) < 4.78 is 2.09. The maximum absolute atomic E-state index is 11.4. The highest BCUT2D eigenvalue weighted by atomic mass is 32.1. The Morgan fingerprint density at radius 3 is 2.92 bits per heavy atom. The van der Waals surface area contributed by atoms with Crippen molar-refractivity contribution < 1.29 is 4.79 Å². The summed E-state index contributed by atoms with van der Waals surface area (Å²) in [6.07, 6.45) is 7.64. The third-order valence-electron chi connectivity index (χ3n) is 5.75. The Labute approximate surface area is 152 Å². The molecule has 0 aromatic carbocycles. The number of nitrogens with zero attached hydrogens (tertiary/aromatic N) is 3.